The van der Waals surface area contributed by atoms with Crippen LogP contribution in [0.3, 0.4) is 0 Å². The minimum absolute atomic E-state index is 0.0786. The van der Waals surface area contributed by atoms with E-state index in [9.17, 15) is 4.79 Å². The van der Waals surface area contributed by atoms with Gasteiger partial charge >= 0.3 is 0 Å². The van der Waals surface area contributed by atoms with Crippen LogP contribution in [0, 0.1) is 6.92 Å². The van der Waals surface area contributed by atoms with E-state index in [0.29, 0.717) is 5.82 Å². The van der Waals surface area contributed by atoms with Gasteiger partial charge in [0.15, 0.2) is 11.6 Å². The van der Waals surface area contributed by atoms with E-state index in [-0.39, 0.29) is 11.4 Å². The van der Waals surface area contributed by atoms with Crippen LogP contribution in [0.5, 0.6) is 0 Å². The molecule has 7 nitrogen and oxygen atoms in total. The molecular weight excluding hydrogens is 208 g/mol. The average Bonchev–Trinajstić information content (AvgIpc) is 2.61. The van der Waals surface area contributed by atoms with Gasteiger partial charge in [0.2, 0.25) is 0 Å². The number of hydrogen-bond donors (Lipinski definition) is 2. The molecule has 0 aliphatic rings. The third-order valence-electron chi connectivity index (χ3n) is 2.03. The second-order valence-electron chi connectivity index (χ2n) is 3.27. The van der Waals surface area contributed by atoms with Crippen LogP contribution in [0.25, 0.3) is 5.82 Å². The molecule has 4 N–H and O–H groups in total. The quantitative estimate of drug-likeness (QED) is 0.715. The summed E-state index contributed by atoms with van der Waals surface area (Å²) in [6, 6.07) is 3.50. The first-order chi connectivity index (χ1) is 7.58. The molecule has 7 heteroatoms. The molecule has 0 unspecified atom stereocenters. The lowest BCUT2D eigenvalue weighted by molar-refractivity contribution is 0.100. The lowest BCUT2D eigenvalue weighted by Gasteiger charge is -1.97. The molecule has 2 heterocycles. The minimum Gasteiger partial charge on any atom is -0.382 e. The summed E-state index contributed by atoms with van der Waals surface area (Å²) in [5.41, 5.74) is 11.6. The summed E-state index contributed by atoms with van der Waals surface area (Å²) in [6.07, 6.45) is 1.43. The van der Waals surface area contributed by atoms with Crippen molar-refractivity contribution < 1.29 is 4.79 Å². The molecule has 0 aliphatic heterocycles. The number of amides is 1. The van der Waals surface area contributed by atoms with Crippen molar-refractivity contribution in [3.8, 4) is 5.82 Å². The molecule has 2 aromatic heterocycles. The first-order valence-electron chi connectivity index (χ1n) is 4.53. The number of aryl methyl sites for hydroxylation is 1. The second-order valence-corrected chi connectivity index (χ2v) is 3.27. The molecule has 1 amide bonds. The second kappa shape index (κ2) is 3.61. The normalized spacial score (nSPS) is 10.3. The molecule has 16 heavy (non-hydrogen) atoms. The van der Waals surface area contributed by atoms with Crippen molar-refractivity contribution in [2.45, 2.75) is 6.92 Å². The zero-order valence-electron chi connectivity index (χ0n) is 8.58. The van der Waals surface area contributed by atoms with Crippen LogP contribution in [0.2, 0.25) is 0 Å². The van der Waals surface area contributed by atoms with Crippen LogP contribution < -0.4 is 11.5 Å². The maximum absolute atomic E-state index is 11.0. The molecule has 0 aromatic carbocycles. The standard InChI is InChI=1S/C9H10N6O/c1-5-2-3-7(13-12-5)15-4-6(9(11)16)8(10)14-15/h2-4H,1H3,(H2,10,14)(H2,11,16). The molecule has 0 fully saturated rings. The van der Waals surface area contributed by atoms with E-state index in [0.717, 1.165) is 5.69 Å². The van der Waals surface area contributed by atoms with Crippen molar-refractivity contribution in [1.29, 1.82) is 0 Å². The van der Waals surface area contributed by atoms with E-state index in [2.05, 4.69) is 15.3 Å². The number of primary amides is 1. The van der Waals surface area contributed by atoms with Crippen molar-refractivity contribution in [3.05, 3.63) is 29.6 Å². The Bertz CT molecular complexity index is 529. The smallest absolute Gasteiger partial charge is 0.254 e. The predicted molar refractivity (Wildman–Crippen MR) is 56.8 cm³/mol. The maximum atomic E-state index is 11.0. The Morgan fingerprint density at radius 3 is 2.62 bits per heavy atom. The van der Waals surface area contributed by atoms with Crippen LogP contribution in [0.1, 0.15) is 16.1 Å². The summed E-state index contributed by atoms with van der Waals surface area (Å²) in [7, 11) is 0. The summed E-state index contributed by atoms with van der Waals surface area (Å²) >= 11 is 0. The number of hydrogen-bond acceptors (Lipinski definition) is 5. The highest BCUT2D eigenvalue weighted by Crippen LogP contribution is 2.11. The number of nitrogens with two attached hydrogens (primary N) is 2. The van der Waals surface area contributed by atoms with E-state index < -0.39 is 5.91 Å². The first kappa shape index (κ1) is 10.1. The molecule has 2 aromatic rings. The predicted octanol–water partition coefficient (Wildman–Crippen LogP) is -0.348. The van der Waals surface area contributed by atoms with Crippen LogP contribution in [0.4, 0.5) is 5.82 Å². The molecule has 0 saturated carbocycles. The molecule has 0 radical (unpaired) electrons. The zero-order chi connectivity index (χ0) is 11.7. The Kier molecular flexibility index (Phi) is 2.28. The third kappa shape index (κ3) is 1.70. The average molecular weight is 218 g/mol. The SMILES string of the molecule is Cc1ccc(-n2cc(C(N)=O)c(N)n2)nn1. The number of carbonyl (C=O) groups excluding carboxylic acids is 1. The minimum atomic E-state index is -0.621. The fraction of sp³-hybridized carbons (Fsp3) is 0.111. The van der Waals surface area contributed by atoms with Crippen LogP contribution >= 0.6 is 0 Å². The fourth-order valence-corrected chi connectivity index (χ4v) is 1.21. The van der Waals surface area contributed by atoms with E-state index >= 15 is 0 Å². The molecule has 0 aliphatic carbocycles. The third-order valence-corrected chi connectivity index (χ3v) is 2.03. The molecular formula is C9H10N6O. The summed E-state index contributed by atoms with van der Waals surface area (Å²) in [6.45, 7) is 1.82. The van der Waals surface area contributed by atoms with Gasteiger partial charge in [-0.25, -0.2) is 4.68 Å². The first-order valence-corrected chi connectivity index (χ1v) is 4.53. The molecule has 0 spiro atoms. The zero-order valence-corrected chi connectivity index (χ0v) is 8.58. The lowest BCUT2D eigenvalue weighted by atomic mass is 10.3. The Labute approximate surface area is 91.1 Å². The van der Waals surface area contributed by atoms with Crippen molar-refractivity contribution in [2.24, 2.45) is 5.73 Å². The van der Waals surface area contributed by atoms with Crippen molar-refractivity contribution in [2.75, 3.05) is 5.73 Å². The van der Waals surface area contributed by atoms with Gasteiger partial charge in [-0.1, -0.05) is 0 Å². The summed E-state index contributed by atoms with van der Waals surface area (Å²) in [5, 5.41) is 11.7. The van der Waals surface area contributed by atoms with Crippen molar-refractivity contribution in [1.82, 2.24) is 20.0 Å². The van der Waals surface area contributed by atoms with Gasteiger partial charge in [-0.05, 0) is 19.1 Å². The topological polar surface area (TPSA) is 113 Å². The van der Waals surface area contributed by atoms with Gasteiger partial charge < -0.3 is 11.5 Å². The number of nitrogen functional groups attached to an aromatic ring is 1. The monoisotopic (exact) mass is 218 g/mol. The van der Waals surface area contributed by atoms with Crippen molar-refractivity contribution in [3.63, 3.8) is 0 Å². The largest absolute Gasteiger partial charge is 0.382 e. The van der Waals surface area contributed by atoms with Gasteiger partial charge in [-0.15, -0.1) is 10.2 Å². The van der Waals surface area contributed by atoms with Crippen LogP contribution in [-0.2, 0) is 0 Å². The van der Waals surface area contributed by atoms with Gasteiger partial charge in [-0.2, -0.15) is 5.10 Å². The Morgan fingerprint density at radius 2 is 2.12 bits per heavy atom. The van der Waals surface area contributed by atoms with E-state index in [1.165, 1.54) is 10.9 Å². The molecule has 0 atom stereocenters. The molecule has 0 saturated heterocycles. The van der Waals surface area contributed by atoms with Gasteiger partial charge in [0.05, 0.1) is 5.69 Å². The Hall–Kier alpha value is -2.44. The fourth-order valence-electron chi connectivity index (χ4n) is 1.21. The highest BCUT2D eigenvalue weighted by atomic mass is 16.1. The Balaban J connectivity index is 2.45. The number of anilines is 1. The number of rotatable bonds is 2. The van der Waals surface area contributed by atoms with Gasteiger partial charge in [0, 0.05) is 6.20 Å². The molecule has 2 rings (SSSR count). The van der Waals surface area contributed by atoms with E-state index in [1.807, 2.05) is 6.92 Å². The summed E-state index contributed by atoms with van der Waals surface area (Å²) < 4.78 is 1.36. The molecule has 0 bridgehead atoms. The van der Waals surface area contributed by atoms with E-state index in [1.54, 1.807) is 12.1 Å². The van der Waals surface area contributed by atoms with Gasteiger partial charge in [0.25, 0.3) is 5.91 Å². The van der Waals surface area contributed by atoms with Crippen LogP contribution in [-0.4, -0.2) is 25.9 Å². The molecule has 82 valence electrons. The highest BCUT2D eigenvalue weighted by molar-refractivity contribution is 5.96. The number of aromatic nitrogens is 4. The van der Waals surface area contributed by atoms with Gasteiger partial charge in [-0.3, -0.25) is 4.79 Å². The highest BCUT2D eigenvalue weighted by Gasteiger charge is 2.12. The lowest BCUT2D eigenvalue weighted by Crippen LogP contribution is -2.11. The van der Waals surface area contributed by atoms with Gasteiger partial charge in [0.1, 0.15) is 5.56 Å². The Morgan fingerprint density at radius 1 is 1.38 bits per heavy atom. The van der Waals surface area contributed by atoms with Crippen molar-refractivity contribution >= 4 is 11.7 Å². The number of carbonyl (C=O) groups is 1. The maximum Gasteiger partial charge on any atom is 0.254 e. The van der Waals surface area contributed by atoms with Crippen LogP contribution in [0.15, 0.2) is 18.3 Å². The summed E-state index contributed by atoms with van der Waals surface area (Å²) in [5.74, 6) is -0.0662. The number of nitrogens with zero attached hydrogens (tertiary/aromatic N) is 4. The summed E-state index contributed by atoms with van der Waals surface area (Å²) in [4.78, 5) is 11.0. The van der Waals surface area contributed by atoms with E-state index in [4.69, 9.17) is 11.5 Å².